The zero-order valence-corrected chi connectivity index (χ0v) is 19.7. The minimum atomic E-state index is -0.331. The first-order chi connectivity index (χ1) is 15.0. The second kappa shape index (κ2) is 10.6. The molecule has 0 saturated heterocycles. The summed E-state index contributed by atoms with van der Waals surface area (Å²) < 4.78 is 5.22. The quantitative estimate of drug-likeness (QED) is 0.482. The van der Waals surface area contributed by atoms with Crippen LogP contribution in [0.1, 0.15) is 38.3 Å². The molecule has 1 aliphatic rings. The van der Waals surface area contributed by atoms with Crippen LogP contribution in [-0.4, -0.2) is 56.0 Å². The summed E-state index contributed by atoms with van der Waals surface area (Å²) in [6.07, 6.45) is 4.05. The van der Waals surface area contributed by atoms with Crippen molar-refractivity contribution in [2.75, 3.05) is 34.3 Å². The Morgan fingerprint density at radius 2 is 1.94 bits per heavy atom. The largest absolute Gasteiger partial charge is 0.497 e. The lowest BCUT2D eigenvalue weighted by Gasteiger charge is -2.31. The Balaban J connectivity index is 1.65. The summed E-state index contributed by atoms with van der Waals surface area (Å²) >= 11 is 1.61. The zero-order chi connectivity index (χ0) is 22.3. The molecule has 1 aromatic heterocycles. The van der Waals surface area contributed by atoms with E-state index in [1.54, 1.807) is 23.3 Å². The van der Waals surface area contributed by atoms with Crippen molar-refractivity contribution in [3.05, 3.63) is 35.3 Å². The van der Waals surface area contributed by atoms with Crippen molar-refractivity contribution >= 4 is 23.2 Å². The van der Waals surface area contributed by atoms with Crippen molar-refractivity contribution < 1.29 is 9.53 Å². The molecule has 1 heterocycles. The molecule has 3 rings (SSSR count). The number of ether oxygens (including phenoxy) is 1. The number of guanidine groups is 1. The maximum absolute atomic E-state index is 12.8. The van der Waals surface area contributed by atoms with Gasteiger partial charge in [0.25, 0.3) is 0 Å². The van der Waals surface area contributed by atoms with Gasteiger partial charge in [-0.05, 0) is 44.0 Å². The highest BCUT2D eigenvalue weighted by Gasteiger charge is 2.42. The van der Waals surface area contributed by atoms with Crippen LogP contribution in [0.3, 0.4) is 0 Å². The fraction of sp³-hybridized carbons (Fsp3) is 0.522. The highest BCUT2D eigenvalue weighted by Crippen LogP contribution is 2.38. The maximum atomic E-state index is 12.8. The predicted molar refractivity (Wildman–Crippen MR) is 127 cm³/mol. The van der Waals surface area contributed by atoms with Gasteiger partial charge in [-0.1, -0.05) is 12.8 Å². The van der Waals surface area contributed by atoms with Gasteiger partial charge in [0.05, 0.1) is 24.8 Å². The lowest BCUT2D eigenvalue weighted by molar-refractivity contribution is -0.138. The van der Waals surface area contributed by atoms with Gasteiger partial charge in [-0.3, -0.25) is 4.79 Å². The fourth-order valence-electron chi connectivity index (χ4n) is 3.99. The van der Waals surface area contributed by atoms with E-state index < -0.39 is 0 Å². The number of thiazole rings is 1. The standard InChI is InChI=1S/C23H33N5O2S/c1-5-24-22(26-16-23(12-6-7-13-23)21(29)28(2)3)25-14-18-15-31-20(27-18)17-8-10-19(30-4)11-9-17/h8-11,15H,5-7,12-14,16H2,1-4H3,(H2,24,25,26). The van der Waals surface area contributed by atoms with Crippen LogP contribution in [0.2, 0.25) is 0 Å². The second-order valence-corrected chi connectivity index (χ2v) is 8.97. The molecule has 1 saturated carbocycles. The maximum Gasteiger partial charge on any atom is 0.230 e. The molecular formula is C23H33N5O2S. The number of nitrogens with one attached hydrogen (secondary N) is 2. The van der Waals surface area contributed by atoms with Gasteiger partial charge in [0.2, 0.25) is 5.91 Å². The van der Waals surface area contributed by atoms with Gasteiger partial charge in [-0.2, -0.15) is 0 Å². The summed E-state index contributed by atoms with van der Waals surface area (Å²) in [5.41, 5.74) is 1.66. The number of carbonyl (C=O) groups is 1. The number of methoxy groups -OCH3 is 1. The number of amides is 1. The van der Waals surface area contributed by atoms with Crippen LogP contribution in [0.25, 0.3) is 10.6 Å². The minimum Gasteiger partial charge on any atom is -0.497 e. The molecule has 31 heavy (non-hydrogen) atoms. The van der Waals surface area contributed by atoms with Crippen LogP contribution < -0.4 is 15.4 Å². The number of aliphatic imine (C=N–C) groups is 1. The molecule has 1 fully saturated rings. The zero-order valence-electron chi connectivity index (χ0n) is 18.9. The summed E-state index contributed by atoms with van der Waals surface area (Å²) in [4.78, 5) is 24.0. The van der Waals surface area contributed by atoms with E-state index in [0.29, 0.717) is 13.1 Å². The summed E-state index contributed by atoms with van der Waals surface area (Å²) in [6.45, 7) is 3.88. The third-order valence-electron chi connectivity index (χ3n) is 5.65. The Hall–Kier alpha value is -2.61. The Bertz CT molecular complexity index is 886. The molecule has 1 amide bonds. The molecular weight excluding hydrogens is 410 g/mol. The average molecular weight is 444 g/mol. The first kappa shape index (κ1) is 23.1. The molecule has 0 aliphatic heterocycles. The Morgan fingerprint density at radius 3 is 2.55 bits per heavy atom. The van der Waals surface area contributed by atoms with Crippen molar-refractivity contribution in [2.24, 2.45) is 10.4 Å². The molecule has 0 unspecified atom stereocenters. The highest BCUT2D eigenvalue weighted by molar-refractivity contribution is 7.13. The minimum absolute atomic E-state index is 0.206. The number of nitrogens with zero attached hydrogens (tertiary/aromatic N) is 3. The van der Waals surface area contributed by atoms with E-state index in [4.69, 9.17) is 14.7 Å². The molecule has 0 bridgehead atoms. The smallest absolute Gasteiger partial charge is 0.230 e. The van der Waals surface area contributed by atoms with Gasteiger partial charge in [0.15, 0.2) is 5.96 Å². The SMILES string of the molecule is CCNC(=NCc1csc(-c2ccc(OC)cc2)n1)NCC1(C(=O)N(C)C)CCCC1. The van der Waals surface area contributed by atoms with Gasteiger partial charge in [0, 0.05) is 38.1 Å². The average Bonchev–Trinajstić information content (AvgIpc) is 3.46. The molecule has 0 atom stereocenters. The van der Waals surface area contributed by atoms with Crippen LogP contribution >= 0.6 is 11.3 Å². The Kier molecular flexibility index (Phi) is 7.90. The monoisotopic (exact) mass is 443 g/mol. The van der Waals surface area contributed by atoms with Crippen molar-refractivity contribution in [3.63, 3.8) is 0 Å². The summed E-state index contributed by atoms with van der Waals surface area (Å²) in [6, 6.07) is 7.91. The van der Waals surface area contributed by atoms with E-state index in [-0.39, 0.29) is 11.3 Å². The van der Waals surface area contributed by atoms with Gasteiger partial charge in [-0.15, -0.1) is 11.3 Å². The fourth-order valence-corrected chi connectivity index (χ4v) is 4.81. The summed E-state index contributed by atoms with van der Waals surface area (Å²) in [5, 5.41) is 9.71. The van der Waals surface area contributed by atoms with Crippen LogP contribution in [0.5, 0.6) is 5.75 Å². The molecule has 2 N–H and O–H groups in total. The van der Waals surface area contributed by atoms with Gasteiger partial charge in [0.1, 0.15) is 10.8 Å². The van der Waals surface area contributed by atoms with E-state index in [1.165, 1.54) is 0 Å². The lowest BCUT2D eigenvalue weighted by atomic mass is 9.84. The van der Waals surface area contributed by atoms with Crippen LogP contribution in [-0.2, 0) is 11.3 Å². The molecule has 2 aromatic rings. The molecule has 7 nitrogen and oxygen atoms in total. The normalized spacial score (nSPS) is 15.5. The van der Waals surface area contributed by atoms with Crippen molar-refractivity contribution in [1.29, 1.82) is 0 Å². The lowest BCUT2D eigenvalue weighted by Crippen LogP contribution is -2.49. The van der Waals surface area contributed by atoms with E-state index in [1.807, 2.05) is 50.7 Å². The molecule has 0 spiro atoms. The molecule has 1 aliphatic carbocycles. The Morgan fingerprint density at radius 1 is 1.23 bits per heavy atom. The predicted octanol–water partition coefficient (Wildman–Crippen LogP) is 3.52. The number of hydrogen-bond donors (Lipinski definition) is 2. The number of aromatic nitrogens is 1. The number of benzene rings is 1. The van der Waals surface area contributed by atoms with E-state index in [2.05, 4.69) is 10.6 Å². The van der Waals surface area contributed by atoms with E-state index in [9.17, 15) is 4.79 Å². The molecule has 8 heteroatoms. The van der Waals surface area contributed by atoms with E-state index >= 15 is 0 Å². The van der Waals surface area contributed by atoms with Crippen molar-refractivity contribution in [2.45, 2.75) is 39.2 Å². The topological polar surface area (TPSA) is 78.9 Å². The van der Waals surface area contributed by atoms with Crippen molar-refractivity contribution in [1.82, 2.24) is 20.5 Å². The van der Waals surface area contributed by atoms with E-state index in [0.717, 1.165) is 60.2 Å². The second-order valence-electron chi connectivity index (χ2n) is 8.11. The number of carbonyl (C=O) groups excluding carboxylic acids is 1. The summed E-state index contributed by atoms with van der Waals surface area (Å²) in [5.74, 6) is 1.76. The third-order valence-corrected chi connectivity index (χ3v) is 6.59. The van der Waals surface area contributed by atoms with Crippen LogP contribution in [0, 0.1) is 5.41 Å². The van der Waals surface area contributed by atoms with Crippen LogP contribution in [0.15, 0.2) is 34.6 Å². The third kappa shape index (κ3) is 5.76. The van der Waals surface area contributed by atoms with Crippen molar-refractivity contribution in [3.8, 4) is 16.3 Å². The number of hydrogen-bond acceptors (Lipinski definition) is 5. The number of rotatable bonds is 8. The first-order valence-corrected chi connectivity index (χ1v) is 11.7. The molecule has 0 radical (unpaired) electrons. The van der Waals surface area contributed by atoms with Gasteiger partial charge >= 0.3 is 0 Å². The first-order valence-electron chi connectivity index (χ1n) is 10.8. The molecule has 1 aromatic carbocycles. The molecule has 168 valence electrons. The van der Waals surface area contributed by atoms with Gasteiger partial charge < -0.3 is 20.3 Å². The Labute approximate surface area is 188 Å². The highest BCUT2D eigenvalue weighted by atomic mass is 32.1. The van der Waals surface area contributed by atoms with Crippen LogP contribution in [0.4, 0.5) is 0 Å². The van der Waals surface area contributed by atoms with Gasteiger partial charge in [-0.25, -0.2) is 9.98 Å². The summed E-state index contributed by atoms with van der Waals surface area (Å²) in [7, 11) is 5.34.